The molecule has 0 radical (unpaired) electrons. The average molecular weight is 452 g/mol. The van der Waals surface area contributed by atoms with Crippen molar-refractivity contribution in [1.29, 1.82) is 0 Å². The molecule has 0 aliphatic heterocycles. The van der Waals surface area contributed by atoms with Crippen LogP contribution < -0.4 is 10.4 Å². The second-order valence-electron chi connectivity index (χ2n) is 8.14. The number of ether oxygens (including phenoxy) is 1. The van der Waals surface area contributed by atoms with Gasteiger partial charge in [-0.2, -0.15) is 4.98 Å². The summed E-state index contributed by atoms with van der Waals surface area (Å²) >= 11 is -2.15. The van der Waals surface area contributed by atoms with Gasteiger partial charge >= 0.3 is 11.7 Å². The summed E-state index contributed by atoms with van der Waals surface area (Å²) in [4.78, 5) is 16.4. The van der Waals surface area contributed by atoms with Gasteiger partial charge in [0.05, 0.1) is 22.4 Å². The van der Waals surface area contributed by atoms with Crippen LogP contribution in [-0.4, -0.2) is 20.4 Å². The van der Waals surface area contributed by atoms with Crippen LogP contribution in [0.4, 0.5) is 0 Å². The van der Waals surface area contributed by atoms with E-state index in [1.54, 1.807) is 0 Å². The molecule has 0 saturated carbocycles. The third-order valence-electron chi connectivity index (χ3n) is 5.50. The number of hydrogen-bond donors (Lipinski definition) is 1. The van der Waals surface area contributed by atoms with Crippen LogP contribution in [0.2, 0.25) is 0 Å². The summed E-state index contributed by atoms with van der Waals surface area (Å²) < 4.78 is 30.8. The molecule has 2 aromatic rings. The van der Waals surface area contributed by atoms with Crippen molar-refractivity contribution < 1.29 is 17.9 Å². The summed E-state index contributed by atoms with van der Waals surface area (Å²) in [5.41, 5.74) is -0.227. The van der Waals surface area contributed by atoms with Crippen LogP contribution in [0.1, 0.15) is 96.8 Å². The number of rotatable bonds is 17. The van der Waals surface area contributed by atoms with Crippen LogP contribution in [0.3, 0.4) is 0 Å². The highest BCUT2D eigenvalue weighted by Gasteiger charge is 2.10. The topological polar surface area (TPSA) is 89.6 Å². The first-order valence-electron chi connectivity index (χ1n) is 11.8. The monoisotopic (exact) mass is 451 g/mol. The van der Waals surface area contributed by atoms with E-state index < -0.39 is 16.7 Å². The van der Waals surface area contributed by atoms with Crippen LogP contribution >= 0.6 is 0 Å². The third kappa shape index (κ3) is 9.95. The zero-order valence-electron chi connectivity index (χ0n) is 18.8. The Morgan fingerprint density at radius 3 is 2.00 bits per heavy atom. The van der Waals surface area contributed by atoms with Crippen molar-refractivity contribution in [1.82, 2.24) is 4.98 Å². The van der Waals surface area contributed by atoms with Crippen molar-refractivity contribution in [3.05, 3.63) is 28.6 Å². The number of nitrogens with zero attached hydrogens (tertiary/aromatic N) is 1. The van der Waals surface area contributed by atoms with E-state index in [0.29, 0.717) is 12.1 Å². The molecule has 174 valence electrons. The van der Waals surface area contributed by atoms with Gasteiger partial charge in [0, 0.05) is 0 Å². The summed E-state index contributed by atoms with van der Waals surface area (Å²) in [5, 5.41) is 0.170. The van der Waals surface area contributed by atoms with Crippen molar-refractivity contribution in [2.24, 2.45) is 0 Å². The number of aromatic nitrogens is 1. The predicted molar refractivity (Wildman–Crippen MR) is 125 cm³/mol. The molecule has 0 aliphatic rings. The fourth-order valence-corrected chi connectivity index (χ4v) is 4.06. The van der Waals surface area contributed by atoms with E-state index in [1.807, 2.05) is 0 Å². The highest BCUT2D eigenvalue weighted by Crippen LogP contribution is 2.17. The summed E-state index contributed by atoms with van der Waals surface area (Å²) in [7, 11) is 0. The van der Waals surface area contributed by atoms with Crippen molar-refractivity contribution in [2.75, 3.05) is 6.61 Å². The van der Waals surface area contributed by atoms with Crippen LogP contribution in [0.15, 0.2) is 32.3 Å². The Balaban J connectivity index is 1.52. The van der Waals surface area contributed by atoms with E-state index in [4.69, 9.17) is 13.7 Å². The van der Waals surface area contributed by atoms with Crippen LogP contribution in [0.25, 0.3) is 10.9 Å². The molecular formula is C24H37NO5S. The fourth-order valence-electron chi connectivity index (χ4n) is 3.66. The highest BCUT2D eigenvalue weighted by molar-refractivity contribution is 7.79. The van der Waals surface area contributed by atoms with Gasteiger partial charge in [0.25, 0.3) is 0 Å². The van der Waals surface area contributed by atoms with Crippen LogP contribution in [0.5, 0.6) is 6.08 Å². The Morgan fingerprint density at radius 1 is 0.903 bits per heavy atom. The summed E-state index contributed by atoms with van der Waals surface area (Å²) in [6.07, 6.45) is 18.1. The molecule has 0 fully saturated rings. The van der Waals surface area contributed by atoms with E-state index in [2.05, 4.69) is 11.9 Å². The second kappa shape index (κ2) is 15.1. The van der Waals surface area contributed by atoms with Crippen molar-refractivity contribution in [3.8, 4) is 6.08 Å². The molecule has 6 nitrogen and oxygen atoms in total. The normalized spacial score (nSPS) is 12.3. The van der Waals surface area contributed by atoms with E-state index in [0.717, 1.165) is 12.8 Å². The maximum atomic E-state index is 12.1. The van der Waals surface area contributed by atoms with Gasteiger partial charge in [0.15, 0.2) is 11.1 Å². The van der Waals surface area contributed by atoms with E-state index in [1.165, 1.54) is 95.2 Å². The molecule has 2 rings (SSSR count). The molecule has 1 N–H and O–H groups in total. The molecule has 1 heterocycles. The van der Waals surface area contributed by atoms with E-state index in [9.17, 15) is 9.00 Å². The maximum absolute atomic E-state index is 12.1. The number of hydrogen-bond acceptors (Lipinski definition) is 5. The molecule has 0 amide bonds. The maximum Gasteiger partial charge on any atom is 0.397 e. The predicted octanol–water partition coefficient (Wildman–Crippen LogP) is 6.63. The van der Waals surface area contributed by atoms with Gasteiger partial charge in [0.1, 0.15) is 0 Å². The molecule has 1 aromatic heterocycles. The minimum atomic E-state index is -2.15. The summed E-state index contributed by atoms with van der Waals surface area (Å²) in [6.45, 7) is 2.72. The lowest BCUT2D eigenvalue weighted by atomic mass is 10.0. The standard InChI is InChI=1S/C24H37NO5S/c1-2-3-4-5-6-7-8-9-10-11-12-13-14-15-18-29-24-25-22-17-16-20(31(27)28)19-21(22)23(26)30-24/h16-17,19H,2-15,18H2,1H3,(H,27,28). The van der Waals surface area contributed by atoms with Gasteiger partial charge < -0.3 is 13.7 Å². The highest BCUT2D eigenvalue weighted by atomic mass is 32.2. The lowest BCUT2D eigenvalue weighted by Gasteiger charge is -2.05. The lowest BCUT2D eigenvalue weighted by molar-refractivity contribution is 0.211. The zero-order chi connectivity index (χ0) is 22.3. The quantitative estimate of drug-likeness (QED) is 0.214. The van der Waals surface area contributed by atoms with Crippen LogP contribution in [0, 0.1) is 0 Å². The van der Waals surface area contributed by atoms with Gasteiger partial charge in [0.2, 0.25) is 0 Å². The first-order valence-corrected chi connectivity index (χ1v) is 12.9. The van der Waals surface area contributed by atoms with Gasteiger partial charge in [-0.3, -0.25) is 0 Å². The van der Waals surface area contributed by atoms with Gasteiger partial charge in [-0.05, 0) is 24.6 Å². The van der Waals surface area contributed by atoms with Crippen molar-refractivity contribution >= 4 is 22.0 Å². The molecule has 31 heavy (non-hydrogen) atoms. The third-order valence-corrected chi connectivity index (χ3v) is 6.16. The first-order chi connectivity index (χ1) is 15.1. The van der Waals surface area contributed by atoms with Crippen LogP contribution in [-0.2, 0) is 11.1 Å². The van der Waals surface area contributed by atoms with Gasteiger partial charge in [-0.25, -0.2) is 9.00 Å². The minimum Gasteiger partial charge on any atom is -0.450 e. The Labute approximate surface area is 188 Å². The SMILES string of the molecule is CCCCCCCCCCCCCCCCOc1nc2ccc(S(=O)O)cc2c(=O)o1. The largest absolute Gasteiger partial charge is 0.450 e. The summed E-state index contributed by atoms with van der Waals surface area (Å²) in [5.74, 6) is 0. The Morgan fingerprint density at radius 2 is 1.45 bits per heavy atom. The smallest absolute Gasteiger partial charge is 0.397 e. The fraction of sp³-hybridized carbons (Fsp3) is 0.667. The molecule has 0 spiro atoms. The first kappa shape index (κ1) is 25.5. The van der Waals surface area contributed by atoms with Crippen molar-refractivity contribution in [2.45, 2.75) is 102 Å². The molecule has 7 heteroatoms. The van der Waals surface area contributed by atoms with Gasteiger partial charge in [-0.1, -0.05) is 90.4 Å². The molecular weight excluding hydrogens is 414 g/mol. The Hall–Kier alpha value is -1.73. The molecule has 0 bridgehead atoms. The van der Waals surface area contributed by atoms with E-state index in [-0.39, 0.29) is 16.4 Å². The van der Waals surface area contributed by atoms with Crippen molar-refractivity contribution in [3.63, 3.8) is 0 Å². The summed E-state index contributed by atoms with van der Waals surface area (Å²) in [6, 6.07) is 4.30. The molecule has 0 aliphatic carbocycles. The number of fused-ring (bicyclic) bond motifs is 1. The molecule has 1 unspecified atom stereocenters. The molecule has 1 aromatic carbocycles. The zero-order valence-corrected chi connectivity index (χ0v) is 19.6. The molecule has 1 atom stereocenters. The van der Waals surface area contributed by atoms with Gasteiger partial charge in [-0.15, -0.1) is 0 Å². The minimum absolute atomic E-state index is 0.0509. The lowest BCUT2D eigenvalue weighted by Crippen LogP contribution is -2.07. The second-order valence-corrected chi connectivity index (χ2v) is 9.11. The average Bonchev–Trinajstić information content (AvgIpc) is 2.76. The molecule has 0 saturated heterocycles. The number of unbranched alkanes of at least 4 members (excludes halogenated alkanes) is 13. The van der Waals surface area contributed by atoms with E-state index >= 15 is 0 Å². The number of benzene rings is 1. The Kier molecular flexibility index (Phi) is 12.5. The Bertz CT molecular complexity index is 851.